The fourth-order valence-electron chi connectivity index (χ4n) is 10.4. The molecule has 1 atom stereocenters. The quantitative estimate of drug-likeness (QED) is 0.0261. The Balaban J connectivity index is 4.20. The van der Waals surface area contributed by atoms with E-state index in [9.17, 15) is 14.4 Å². The van der Waals surface area contributed by atoms with Gasteiger partial charge in [0.05, 0.1) is 0 Å². The Kier molecular flexibility index (Phi) is 66.6. The van der Waals surface area contributed by atoms with Crippen LogP contribution in [0.25, 0.3) is 0 Å². The molecule has 0 rings (SSSR count). The van der Waals surface area contributed by atoms with E-state index in [1.807, 2.05) is 0 Å². The van der Waals surface area contributed by atoms with Gasteiger partial charge < -0.3 is 14.2 Å². The summed E-state index contributed by atoms with van der Waals surface area (Å²) in [5, 5.41) is 0. The zero-order chi connectivity index (χ0) is 58.5. The maximum absolute atomic E-state index is 12.9. The molecular formula is C75H134O6. The van der Waals surface area contributed by atoms with Crippen molar-refractivity contribution < 1.29 is 28.6 Å². The summed E-state index contributed by atoms with van der Waals surface area (Å²) in [5.41, 5.74) is 0. The molecule has 0 aromatic rings. The topological polar surface area (TPSA) is 78.9 Å². The highest BCUT2D eigenvalue weighted by molar-refractivity contribution is 5.71. The van der Waals surface area contributed by atoms with Crippen LogP contribution >= 0.6 is 0 Å². The Morgan fingerprint density at radius 2 is 0.481 bits per heavy atom. The van der Waals surface area contributed by atoms with E-state index in [2.05, 4.69) is 93.7 Å². The predicted molar refractivity (Wildman–Crippen MR) is 353 cm³/mol. The van der Waals surface area contributed by atoms with Gasteiger partial charge in [-0.2, -0.15) is 0 Å². The van der Waals surface area contributed by atoms with E-state index in [1.54, 1.807) is 0 Å². The van der Waals surface area contributed by atoms with Gasteiger partial charge in [0, 0.05) is 19.3 Å². The van der Waals surface area contributed by atoms with E-state index in [1.165, 1.54) is 225 Å². The summed E-state index contributed by atoms with van der Waals surface area (Å²) in [6, 6.07) is 0. The first kappa shape index (κ1) is 77.9. The van der Waals surface area contributed by atoms with E-state index in [0.29, 0.717) is 19.3 Å². The van der Waals surface area contributed by atoms with Gasteiger partial charge in [-0.1, -0.05) is 312 Å². The van der Waals surface area contributed by atoms with Crippen LogP contribution in [0.2, 0.25) is 0 Å². The van der Waals surface area contributed by atoms with Crippen LogP contribution in [-0.2, 0) is 28.6 Å². The van der Waals surface area contributed by atoms with Crippen LogP contribution in [0.4, 0.5) is 0 Å². The van der Waals surface area contributed by atoms with Gasteiger partial charge in [0.25, 0.3) is 0 Å². The molecule has 0 aliphatic heterocycles. The second kappa shape index (κ2) is 69.3. The monoisotopic (exact) mass is 1130 g/mol. The van der Waals surface area contributed by atoms with Gasteiger partial charge in [0.1, 0.15) is 13.2 Å². The van der Waals surface area contributed by atoms with Crippen LogP contribution in [-0.4, -0.2) is 37.2 Å². The Hall–Kier alpha value is -3.15. The Morgan fingerprint density at radius 1 is 0.259 bits per heavy atom. The van der Waals surface area contributed by atoms with Gasteiger partial charge >= 0.3 is 17.9 Å². The SMILES string of the molecule is CC/C=C\C/C=C\C/C=C\CCCCCCCC(=O)OCC(COC(=O)CCCCCCCCCCCCCCCCCCCCC/C=C\C/C=C\CCCCCCC)OC(=O)CCCCCCCCC/C=C\CCCCCCCC. The van der Waals surface area contributed by atoms with Crippen LogP contribution in [0.5, 0.6) is 0 Å². The predicted octanol–water partition coefficient (Wildman–Crippen LogP) is 24.4. The lowest BCUT2D eigenvalue weighted by Gasteiger charge is -2.18. The standard InChI is InChI=1S/C75H134O6/c1-4-7-10-13-16-19-22-25-28-30-31-32-33-34-35-36-37-38-39-40-41-42-43-45-47-50-53-56-59-62-65-68-74(77)80-71-72(70-79-73(76)67-64-61-58-55-52-49-46-27-24-21-18-15-12-9-6-3)81-75(78)69-66-63-60-57-54-51-48-44-29-26-23-20-17-14-11-8-5-2/h9,12,18,21-22,25-27,29-31,46,72H,4-8,10-11,13-17,19-20,23-24,28,32-45,47-71H2,1-3H3/b12-9-,21-18-,25-22-,29-26-,31-30-,46-27-. The molecule has 0 aliphatic rings. The van der Waals surface area contributed by atoms with Crippen LogP contribution in [0.1, 0.15) is 367 Å². The highest BCUT2D eigenvalue weighted by atomic mass is 16.6. The lowest BCUT2D eigenvalue weighted by Crippen LogP contribution is -2.30. The first-order valence-electron chi connectivity index (χ1n) is 35.4. The van der Waals surface area contributed by atoms with Gasteiger partial charge in [-0.15, -0.1) is 0 Å². The normalized spacial score (nSPS) is 12.5. The van der Waals surface area contributed by atoms with Crippen LogP contribution in [0, 0.1) is 0 Å². The summed E-state index contributed by atoms with van der Waals surface area (Å²) >= 11 is 0. The number of carbonyl (C=O) groups excluding carboxylic acids is 3. The molecule has 0 bridgehead atoms. The molecule has 0 saturated carbocycles. The fraction of sp³-hybridized carbons (Fsp3) is 0.800. The minimum atomic E-state index is -0.785. The Labute approximate surface area is 503 Å². The number of rotatable bonds is 65. The molecule has 0 aromatic carbocycles. The highest BCUT2D eigenvalue weighted by Crippen LogP contribution is 2.18. The zero-order valence-electron chi connectivity index (χ0n) is 54.1. The molecule has 0 spiro atoms. The van der Waals surface area contributed by atoms with Gasteiger partial charge in [-0.25, -0.2) is 0 Å². The van der Waals surface area contributed by atoms with Crippen molar-refractivity contribution in [2.24, 2.45) is 0 Å². The van der Waals surface area contributed by atoms with Crippen molar-refractivity contribution in [2.75, 3.05) is 13.2 Å². The Morgan fingerprint density at radius 3 is 0.765 bits per heavy atom. The average Bonchev–Trinajstić information content (AvgIpc) is 3.47. The van der Waals surface area contributed by atoms with E-state index in [4.69, 9.17) is 14.2 Å². The molecule has 0 radical (unpaired) electrons. The van der Waals surface area contributed by atoms with Gasteiger partial charge in [0.2, 0.25) is 0 Å². The van der Waals surface area contributed by atoms with Crippen molar-refractivity contribution in [3.63, 3.8) is 0 Å². The summed E-state index contributed by atoms with van der Waals surface area (Å²) in [7, 11) is 0. The average molecular weight is 1130 g/mol. The number of carbonyl (C=O) groups is 3. The number of hydrogen-bond acceptors (Lipinski definition) is 6. The van der Waals surface area contributed by atoms with Gasteiger partial charge in [-0.05, 0) is 109 Å². The van der Waals surface area contributed by atoms with Crippen molar-refractivity contribution in [3.8, 4) is 0 Å². The van der Waals surface area contributed by atoms with E-state index in [-0.39, 0.29) is 31.1 Å². The smallest absolute Gasteiger partial charge is 0.306 e. The van der Waals surface area contributed by atoms with Crippen molar-refractivity contribution in [1.29, 1.82) is 0 Å². The summed E-state index contributed by atoms with van der Waals surface area (Å²) in [5.74, 6) is -0.882. The van der Waals surface area contributed by atoms with Gasteiger partial charge in [-0.3, -0.25) is 14.4 Å². The molecule has 0 heterocycles. The summed E-state index contributed by atoms with van der Waals surface area (Å²) in [6.45, 7) is 6.55. The zero-order valence-corrected chi connectivity index (χ0v) is 54.1. The third kappa shape index (κ3) is 67.5. The van der Waals surface area contributed by atoms with Crippen molar-refractivity contribution in [3.05, 3.63) is 72.9 Å². The molecule has 0 aliphatic carbocycles. The molecule has 6 nitrogen and oxygen atoms in total. The van der Waals surface area contributed by atoms with E-state index in [0.717, 1.165) is 103 Å². The fourth-order valence-corrected chi connectivity index (χ4v) is 10.4. The van der Waals surface area contributed by atoms with Crippen molar-refractivity contribution in [1.82, 2.24) is 0 Å². The number of hydrogen-bond donors (Lipinski definition) is 0. The van der Waals surface area contributed by atoms with Crippen LogP contribution in [0.3, 0.4) is 0 Å². The Bertz CT molecular complexity index is 1490. The first-order valence-corrected chi connectivity index (χ1v) is 35.4. The highest BCUT2D eigenvalue weighted by Gasteiger charge is 2.19. The lowest BCUT2D eigenvalue weighted by atomic mass is 10.0. The molecule has 6 heteroatoms. The summed E-state index contributed by atoms with van der Waals surface area (Å²) in [4.78, 5) is 38.4. The molecule has 81 heavy (non-hydrogen) atoms. The molecule has 0 amide bonds. The first-order chi connectivity index (χ1) is 40.0. The van der Waals surface area contributed by atoms with Crippen molar-refractivity contribution in [2.45, 2.75) is 374 Å². The molecule has 0 aromatic heterocycles. The van der Waals surface area contributed by atoms with Gasteiger partial charge in [0.15, 0.2) is 6.10 Å². The maximum atomic E-state index is 12.9. The minimum Gasteiger partial charge on any atom is -0.462 e. The third-order valence-corrected chi connectivity index (χ3v) is 15.7. The molecule has 0 fully saturated rings. The minimum absolute atomic E-state index is 0.0794. The van der Waals surface area contributed by atoms with E-state index >= 15 is 0 Å². The molecule has 470 valence electrons. The molecular weight excluding hydrogens is 997 g/mol. The summed E-state index contributed by atoms with van der Waals surface area (Å²) < 4.78 is 17.0. The number of esters is 3. The number of ether oxygens (including phenoxy) is 3. The molecule has 0 saturated heterocycles. The maximum Gasteiger partial charge on any atom is 0.306 e. The van der Waals surface area contributed by atoms with E-state index < -0.39 is 6.10 Å². The van der Waals surface area contributed by atoms with Crippen LogP contribution < -0.4 is 0 Å². The largest absolute Gasteiger partial charge is 0.462 e. The lowest BCUT2D eigenvalue weighted by molar-refractivity contribution is -0.167. The molecule has 0 N–H and O–H groups in total. The number of allylic oxidation sites excluding steroid dienone is 12. The number of unbranched alkanes of at least 4 members (excludes halogenated alkanes) is 42. The second-order valence-corrected chi connectivity index (χ2v) is 23.8. The van der Waals surface area contributed by atoms with Crippen molar-refractivity contribution >= 4 is 17.9 Å². The second-order valence-electron chi connectivity index (χ2n) is 23.8. The summed E-state index contributed by atoms with van der Waals surface area (Å²) in [6.07, 6.45) is 90.8. The molecule has 1 unspecified atom stereocenters. The van der Waals surface area contributed by atoms with Crippen LogP contribution in [0.15, 0.2) is 72.9 Å². The third-order valence-electron chi connectivity index (χ3n) is 15.7.